The van der Waals surface area contributed by atoms with E-state index < -0.39 is 24.0 Å². The number of carbonyl (C=O) groups is 2. The van der Waals surface area contributed by atoms with E-state index in [1.54, 1.807) is 0 Å². The van der Waals surface area contributed by atoms with E-state index in [0.29, 0.717) is 0 Å². The molecule has 0 aromatic carbocycles. The van der Waals surface area contributed by atoms with Gasteiger partial charge < -0.3 is 31.3 Å². The van der Waals surface area contributed by atoms with E-state index in [1.807, 2.05) is 0 Å². The molecule has 0 aliphatic heterocycles. The van der Waals surface area contributed by atoms with Crippen molar-refractivity contribution in [1.29, 1.82) is 0 Å². The Balaban J connectivity index is -0.000000143. The fourth-order valence-corrected chi connectivity index (χ4v) is 0. The number of carboxylic acid groups (broad SMARTS) is 2. The fraction of sp³-hybridized carbons (Fsp3) is 0.667. The Morgan fingerprint density at radius 2 is 1.08 bits per heavy atom. The third kappa shape index (κ3) is 18.4. The van der Waals surface area contributed by atoms with Crippen LogP contribution >= 0.6 is 0 Å². The second-order valence-electron chi connectivity index (χ2n) is 2.22. The first-order chi connectivity index (χ1) is 5.29. The van der Waals surface area contributed by atoms with E-state index in [1.165, 1.54) is 13.8 Å². The average Bonchev–Trinajstić information content (AvgIpc) is 1.88. The largest absolute Gasteiger partial charge is 2.00 e. The summed E-state index contributed by atoms with van der Waals surface area (Å²) in [7, 11) is 0. The number of aliphatic carboxylic acids is 2. The maximum absolute atomic E-state index is 9.46. The van der Waals surface area contributed by atoms with Crippen LogP contribution in [0.15, 0.2) is 0 Å². The number of hydrogen-bond donors (Lipinski definition) is 2. The van der Waals surface area contributed by atoms with Crippen LogP contribution in [0.25, 0.3) is 0 Å². The van der Waals surface area contributed by atoms with Gasteiger partial charge in [0.1, 0.15) is 0 Å². The molecule has 0 amide bonds. The van der Waals surface area contributed by atoms with Gasteiger partial charge in [-0.25, -0.2) is 0 Å². The summed E-state index contributed by atoms with van der Waals surface area (Å²) in [6, 6.07) is -1.69. The summed E-state index contributed by atoms with van der Waals surface area (Å²) in [4.78, 5) is 18.9. The monoisotopic (exact) mass is 234 g/mol. The minimum atomic E-state index is -1.21. The predicted molar refractivity (Wildman–Crippen MR) is 37.3 cm³/mol. The van der Waals surface area contributed by atoms with Crippen LogP contribution in [0.2, 0.25) is 0 Å². The zero-order chi connectivity index (χ0) is 10.3. The summed E-state index contributed by atoms with van der Waals surface area (Å²) < 4.78 is 0. The van der Waals surface area contributed by atoms with E-state index in [4.69, 9.17) is 11.5 Å². The standard InChI is InChI=1S/2C3H7NO2.Ni/c2*1-2(4)3(5)6;/h2*2H,4H2,1H3,(H,5,6);/q;;+2/p-2/t2*2-;/m11./s1. The first kappa shape index (κ1) is 18.2. The Bertz CT molecular complexity index is 143. The fourth-order valence-electron chi connectivity index (χ4n) is 0. The van der Waals surface area contributed by atoms with Gasteiger partial charge >= 0.3 is 16.5 Å². The third-order valence-electron chi connectivity index (χ3n) is 0.744. The number of nitrogens with two attached hydrogens (primary N) is 2. The molecule has 6 nitrogen and oxygen atoms in total. The molecule has 0 bridgehead atoms. The number of carboxylic acids is 2. The number of rotatable bonds is 2. The topological polar surface area (TPSA) is 132 Å². The van der Waals surface area contributed by atoms with Gasteiger partial charge in [-0.15, -0.1) is 0 Å². The molecular formula is C6H12N2NiO4. The Hall–Kier alpha value is -0.646. The molecule has 0 aromatic heterocycles. The van der Waals surface area contributed by atoms with Gasteiger partial charge in [-0.2, -0.15) is 0 Å². The molecular weight excluding hydrogens is 223 g/mol. The summed E-state index contributed by atoms with van der Waals surface area (Å²) in [5, 5.41) is 18.9. The SMILES string of the molecule is C[C@@H](N)C(=O)[O-].C[C@@H](N)C(=O)[O-].[Ni+2]. The van der Waals surface area contributed by atoms with Gasteiger partial charge in [0, 0.05) is 12.1 Å². The zero-order valence-electron chi connectivity index (χ0n) is 7.26. The second kappa shape index (κ2) is 9.44. The van der Waals surface area contributed by atoms with E-state index in [0.717, 1.165) is 0 Å². The molecule has 7 heteroatoms. The summed E-state index contributed by atoms with van der Waals surface area (Å²) in [6.07, 6.45) is 0. The summed E-state index contributed by atoms with van der Waals surface area (Å²) in [5.74, 6) is -2.43. The van der Waals surface area contributed by atoms with E-state index in [-0.39, 0.29) is 16.5 Å². The molecule has 0 saturated heterocycles. The summed E-state index contributed by atoms with van der Waals surface area (Å²) in [6.45, 7) is 2.71. The van der Waals surface area contributed by atoms with Crippen molar-refractivity contribution in [2.75, 3.05) is 0 Å². The van der Waals surface area contributed by atoms with Crippen LogP contribution in [0.4, 0.5) is 0 Å². The van der Waals surface area contributed by atoms with Crippen molar-refractivity contribution < 1.29 is 36.3 Å². The molecule has 13 heavy (non-hydrogen) atoms. The molecule has 0 aromatic rings. The van der Waals surface area contributed by atoms with E-state index >= 15 is 0 Å². The van der Waals surface area contributed by atoms with Crippen molar-refractivity contribution in [2.24, 2.45) is 11.5 Å². The summed E-state index contributed by atoms with van der Waals surface area (Å²) in [5.41, 5.74) is 9.55. The van der Waals surface area contributed by atoms with Crippen LogP contribution < -0.4 is 21.7 Å². The molecule has 2 atom stereocenters. The predicted octanol–water partition coefficient (Wildman–Crippen LogP) is -3.84. The molecule has 0 radical (unpaired) electrons. The van der Waals surface area contributed by atoms with Crippen LogP contribution in [0.5, 0.6) is 0 Å². The van der Waals surface area contributed by atoms with Crippen LogP contribution in [0, 0.1) is 0 Å². The third-order valence-corrected chi connectivity index (χ3v) is 0.744. The van der Waals surface area contributed by atoms with Crippen molar-refractivity contribution in [3.8, 4) is 0 Å². The molecule has 4 N–H and O–H groups in total. The first-order valence-corrected chi connectivity index (χ1v) is 3.22. The molecule has 0 rings (SSSR count). The number of hydrogen-bond acceptors (Lipinski definition) is 6. The van der Waals surface area contributed by atoms with Gasteiger partial charge in [0.2, 0.25) is 0 Å². The minimum absolute atomic E-state index is 0. The van der Waals surface area contributed by atoms with Gasteiger partial charge in [0.15, 0.2) is 0 Å². The Morgan fingerprint density at radius 3 is 1.08 bits per heavy atom. The second-order valence-corrected chi connectivity index (χ2v) is 2.22. The molecule has 80 valence electrons. The van der Waals surface area contributed by atoms with Crippen molar-refractivity contribution in [2.45, 2.75) is 25.9 Å². The van der Waals surface area contributed by atoms with Gasteiger partial charge in [0.25, 0.3) is 0 Å². The Morgan fingerprint density at radius 1 is 1.00 bits per heavy atom. The van der Waals surface area contributed by atoms with Gasteiger partial charge in [0.05, 0.1) is 11.9 Å². The van der Waals surface area contributed by atoms with E-state index in [2.05, 4.69) is 0 Å². The van der Waals surface area contributed by atoms with Crippen molar-refractivity contribution >= 4 is 11.9 Å². The van der Waals surface area contributed by atoms with Crippen LogP contribution in [0.1, 0.15) is 13.8 Å². The Kier molecular flexibility index (Phi) is 13.2. The van der Waals surface area contributed by atoms with Crippen molar-refractivity contribution in [1.82, 2.24) is 0 Å². The molecule has 0 spiro atoms. The number of carbonyl (C=O) groups excluding carboxylic acids is 2. The van der Waals surface area contributed by atoms with Gasteiger partial charge in [-0.3, -0.25) is 0 Å². The molecule has 0 saturated carbocycles. The van der Waals surface area contributed by atoms with E-state index in [9.17, 15) is 19.8 Å². The van der Waals surface area contributed by atoms with Crippen LogP contribution in [-0.4, -0.2) is 24.0 Å². The normalized spacial score (nSPS) is 12.6. The molecule has 0 fully saturated rings. The van der Waals surface area contributed by atoms with Crippen molar-refractivity contribution in [3.05, 3.63) is 0 Å². The van der Waals surface area contributed by atoms with Crippen molar-refractivity contribution in [3.63, 3.8) is 0 Å². The smallest absolute Gasteiger partial charge is 0.548 e. The van der Waals surface area contributed by atoms with Crippen LogP contribution in [-0.2, 0) is 26.1 Å². The quantitative estimate of drug-likeness (QED) is 0.471. The summed E-state index contributed by atoms with van der Waals surface area (Å²) >= 11 is 0. The average molecular weight is 235 g/mol. The van der Waals surface area contributed by atoms with Gasteiger partial charge in [-0.05, 0) is 13.8 Å². The maximum atomic E-state index is 9.46. The maximum Gasteiger partial charge on any atom is 2.00 e. The minimum Gasteiger partial charge on any atom is -0.548 e. The van der Waals surface area contributed by atoms with Gasteiger partial charge in [-0.1, -0.05) is 0 Å². The zero-order valence-corrected chi connectivity index (χ0v) is 8.25. The van der Waals surface area contributed by atoms with Crippen LogP contribution in [0.3, 0.4) is 0 Å². The first-order valence-electron chi connectivity index (χ1n) is 3.22. The molecule has 0 heterocycles. The molecule has 0 aliphatic rings. The Labute approximate surface area is 86.2 Å². The molecule has 0 unspecified atom stereocenters. The molecule has 0 aliphatic carbocycles.